The maximum absolute atomic E-state index is 12.7. The van der Waals surface area contributed by atoms with Gasteiger partial charge in [0.1, 0.15) is 23.9 Å². The van der Waals surface area contributed by atoms with E-state index in [9.17, 15) is 9.59 Å². The van der Waals surface area contributed by atoms with Gasteiger partial charge in [0.05, 0.1) is 24.9 Å². The van der Waals surface area contributed by atoms with E-state index in [0.29, 0.717) is 41.6 Å². The van der Waals surface area contributed by atoms with Crippen LogP contribution in [0.3, 0.4) is 0 Å². The molecule has 164 valence electrons. The van der Waals surface area contributed by atoms with Gasteiger partial charge >= 0.3 is 0 Å². The summed E-state index contributed by atoms with van der Waals surface area (Å²) < 4.78 is 16.8. The fraction of sp³-hybridized carbons (Fsp3) is 0.200. The zero-order valence-electron chi connectivity index (χ0n) is 17.9. The Morgan fingerprint density at radius 2 is 1.81 bits per heavy atom. The summed E-state index contributed by atoms with van der Waals surface area (Å²) in [7, 11) is 1.52. The highest BCUT2D eigenvalue weighted by Crippen LogP contribution is 2.36. The first-order valence-electron chi connectivity index (χ1n) is 10.3. The lowest BCUT2D eigenvalue weighted by Crippen LogP contribution is -2.46. The molecule has 1 aliphatic heterocycles. The number of carbonyl (C=O) groups excluding carboxylic acids is 2. The maximum atomic E-state index is 12.7. The smallest absolute Gasteiger partial charge is 0.267 e. The quantitative estimate of drug-likeness (QED) is 0.607. The van der Waals surface area contributed by atoms with E-state index in [2.05, 4.69) is 5.32 Å². The normalized spacial score (nSPS) is 14.9. The zero-order chi connectivity index (χ0) is 22.5. The van der Waals surface area contributed by atoms with Crippen LogP contribution in [-0.4, -0.2) is 38.2 Å². The Morgan fingerprint density at radius 1 is 1.06 bits per heavy atom. The molecule has 0 fully saturated rings. The second-order valence-corrected chi connectivity index (χ2v) is 7.25. The summed E-state index contributed by atoms with van der Waals surface area (Å²) in [5.41, 5.74) is 1.62. The molecule has 1 aliphatic rings. The van der Waals surface area contributed by atoms with Crippen LogP contribution in [0.15, 0.2) is 72.8 Å². The van der Waals surface area contributed by atoms with Crippen molar-refractivity contribution in [3.8, 4) is 17.2 Å². The number of nitrogens with zero attached hydrogens (tertiary/aromatic N) is 1. The number of methoxy groups -OCH3 is 1. The predicted octanol–water partition coefficient (Wildman–Crippen LogP) is 4.14. The van der Waals surface area contributed by atoms with E-state index < -0.39 is 6.10 Å². The number of anilines is 2. The van der Waals surface area contributed by atoms with Crippen LogP contribution < -0.4 is 24.4 Å². The van der Waals surface area contributed by atoms with Gasteiger partial charge in [-0.25, -0.2) is 0 Å². The SMILES string of the molecule is COc1ccccc1C(=O)Nc1ccc2c(c1)OC(C)C(=O)N2CCOc1ccccc1. The minimum absolute atomic E-state index is 0.139. The lowest BCUT2D eigenvalue weighted by atomic mass is 10.1. The molecule has 4 rings (SSSR count). The van der Waals surface area contributed by atoms with Crippen molar-refractivity contribution in [3.05, 3.63) is 78.4 Å². The first kappa shape index (κ1) is 21.2. The molecule has 32 heavy (non-hydrogen) atoms. The van der Waals surface area contributed by atoms with Crippen LogP contribution in [0.4, 0.5) is 11.4 Å². The topological polar surface area (TPSA) is 77.1 Å². The van der Waals surface area contributed by atoms with Gasteiger partial charge in [-0.1, -0.05) is 30.3 Å². The van der Waals surface area contributed by atoms with E-state index in [1.807, 2.05) is 30.3 Å². The van der Waals surface area contributed by atoms with Crippen LogP contribution in [0.2, 0.25) is 0 Å². The van der Waals surface area contributed by atoms with Crippen molar-refractivity contribution in [2.24, 2.45) is 0 Å². The molecule has 1 heterocycles. The second-order valence-electron chi connectivity index (χ2n) is 7.25. The summed E-state index contributed by atoms with van der Waals surface area (Å²) in [6.07, 6.45) is -0.639. The third-order valence-electron chi connectivity index (χ3n) is 5.10. The first-order valence-corrected chi connectivity index (χ1v) is 10.3. The fourth-order valence-electron chi connectivity index (χ4n) is 3.52. The second kappa shape index (κ2) is 9.43. The molecule has 2 amide bonds. The van der Waals surface area contributed by atoms with Crippen molar-refractivity contribution >= 4 is 23.2 Å². The zero-order valence-corrected chi connectivity index (χ0v) is 17.9. The molecule has 0 aliphatic carbocycles. The Kier molecular flexibility index (Phi) is 6.26. The van der Waals surface area contributed by atoms with E-state index in [4.69, 9.17) is 14.2 Å². The standard InChI is InChI=1S/C25H24N2O5/c1-17-25(29)27(14-15-31-19-8-4-3-5-9-19)21-13-12-18(16-23(21)32-17)26-24(28)20-10-6-7-11-22(20)30-2/h3-13,16-17H,14-15H2,1-2H3,(H,26,28). The van der Waals surface area contributed by atoms with Crippen molar-refractivity contribution in [2.45, 2.75) is 13.0 Å². The van der Waals surface area contributed by atoms with E-state index in [0.717, 1.165) is 5.75 Å². The van der Waals surface area contributed by atoms with Gasteiger partial charge in [0, 0.05) is 11.8 Å². The van der Waals surface area contributed by atoms with Gasteiger partial charge in [0.2, 0.25) is 0 Å². The van der Waals surface area contributed by atoms with E-state index in [-0.39, 0.29) is 11.8 Å². The number of fused-ring (bicyclic) bond motifs is 1. The maximum Gasteiger partial charge on any atom is 0.267 e. The minimum Gasteiger partial charge on any atom is -0.496 e. The Labute approximate surface area is 186 Å². The van der Waals surface area contributed by atoms with Crippen molar-refractivity contribution in [1.82, 2.24) is 0 Å². The van der Waals surface area contributed by atoms with Crippen LogP contribution in [0.25, 0.3) is 0 Å². The van der Waals surface area contributed by atoms with Crippen molar-refractivity contribution in [3.63, 3.8) is 0 Å². The molecule has 0 saturated carbocycles. The van der Waals surface area contributed by atoms with Gasteiger partial charge in [0.15, 0.2) is 6.10 Å². The lowest BCUT2D eigenvalue weighted by Gasteiger charge is -2.33. The number of nitrogens with one attached hydrogen (secondary N) is 1. The summed E-state index contributed by atoms with van der Waals surface area (Å²) in [4.78, 5) is 27.1. The largest absolute Gasteiger partial charge is 0.496 e. The van der Waals surface area contributed by atoms with Crippen molar-refractivity contribution in [2.75, 3.05) is 30.5 Å². The van der Waals surface area contributed by atoms with Crippen LogP contribution >= 0.6 is 0 Å². The van der Waals surface area contributed by atoms with Gasteiger partial charge < -0.3 is 24.4 Å². The molecule has 3 aromatic rings. The minimum atomic E-state index is -0.639. The van der Waals surface area contributed by atoms with E-state index in [1.165, 1.54) is 7.11 Å². The molecular weight excluding hydrogens is 408 g/mol. The number of ether oxygens (including phenoxy) is 3. The van der Waals surface area contributed by atoms with Gasteiger partial charge in [0.25, 0.3) is 11.8 Å². The molecule has 1 N–H and O–H groups in total. The molecule has 0 bridgehead atoms. The fourth-order valence-corrected chi connectivity index (χ4v) is 3.52. The monoisotopic (exact) mass is 432 g/mol. The summed E-state index contributed by atoms with van der Waals surface area (Å²) in [5.74, 6) is 1.32. The third kappa shape index (κ3) is 4.51. The molecule has 0 aromatic heterocycles. The highest BCUT2D eigenvalue weighted by molar-refractivity contribution is 6.07. The Bertz CT molecular complexity index is 1120. The lowest BCUT2D eigenvalue weighted by molar-refractivity contribution is -0.125. The Balaban J connectivity index is 1.49. The van der Waals surface area contributed by atoms with E-state index >= 15 is 0 Å². The van der Waals surface area contributed by atoms with Crippen molar-refractivity contribution in [1.29, 1.82) is 0 Å². The van der Waals surface area contributed by atoms with Crippen LogP contribution in [0.1, 0.15) is 17.3 Å². The average Bonchev–Trinajstić information content (AvgIpc) is 2.82. The molecule has 7 heteroatoms. The average molecular weight is 432 g/mol. The number of benzene rings is 3. The van der Waals surface area contributed by atoms with Gasteiger partial charge in [-0.3, -0.25) is 9.59 Å². The van der Waals surface area contributed by atoms with Crippen LogP contribution in [0.5, 0.6) is 17.2 Å². The molecular formula is C25H24N2O5. The number of hydrogen-bond donors (Lipinski definition) is 1. The number of rotatable bonds is 7. The van der Waals surface area contributed by atoms with Crippen LogP contribution in [0, 0.1) is 0 Å². The van der Waals surface area contributed by atoms with Crippen LogP contribution in [-0.2, 0) is 4.79 Å². The summed E-state index contributed by atoms with van der Waals surface area (Å²) in [6, 6.07) is 21.7. The number of hydrogen-bond acceptors (Lipinski definition) is 5. The third-order valence-corrected chi connectivity index (χ3v) is 5.10. The number of amides is 2. The molecule has 7 nitrogen and oxygen atoms in total. The van der Waals surface area contributed by atoms with Crippen molar-refractivity contribution < 1.29 is 23.8 Å². The Morgan fingerprint density at radius 3 is 2.59 bits per heavy atom. The Hall–Kier alpha value is -4.00. The molecule has 0 radical (unpaired) electrons. The molecule has 0 saturated heterocycles. The summed E-state index contributed by atoms with van der Waals surface area (Å²) in [6.45, 7) is 2.42. The van der Waals surface area contributed by atoms with E-state index in [1.54, 1.807) is 54.3 Å². The highest BCUT2D eigenvalue weighted by Gasteiger charge is 2.31. The van der Waals surface area contributed by atoms with Gasteiger partial charge in [-0.05, 0) is 43.3 Å². The van der Waals surface area contributed by atoms with Gasteiger partial charge in [-0.2, -0.15) is 0 Å². The van der Waals surface area contributed by atoms with Gasteiger partial charge in [-0.15, -0.1) is 0 Å². The molecule has 0 spiro atoms. The molecule has 1 unspecified atom stereocenters. The number of carbonyl (C=O) groups is 2. The number of para-hydroxylation sites is 2. The summed E-state index contributed by atoms with van der Waals surface area (Å²) in [5, 5.41) is 2.86. The summed E-state index contributed by atoms with van der Waals surface area (Å²) >= 11 is 0. The highest BCUT2D eigenvalue weighted by atomic mass is 16.5. The molecule has 3 aromatic carbocycles. The molecule has 1 atom stereocenters. The predicted molar refractivity (Wildman–Crippen MR) is 122 cm³/mol. The first-order chi connectivity index (χ1) is 15.6.